The van der Waals surface area contributed by atoms with Crippen molar-refractivity contribution in [2.75, 3.05) is 6.61 Å². The van der Waals surface area contributed by atoms with Crippen molar-refractivity contribution in [3.05, 3.63) is 35.4 Å². The molecule has 0 amide bonds. The molecule has 0 radical (unpaired) electrons. The number of benzene rings is 1. The highest BCUT2D eigenvalue weighted by Crippen LogP contribution is 2.20. The molecule has 14 heavy (non-hydrogen) atoms. The Labute approximate surface area is 81.4 Å². The number of nitrogens with two attached hydrogens (primary N) is 1. The highest BCUT2D eigenvalue weighted by molar-refractivity contribution is 5.22. The fourth-order valence-corrected chi connectivity index (χ4v) is 1.27. The first kappa shape index (κ1) is 11.1. The summed E-state index contributed by atoms with van der Waals surface area (Å²) in [6.07, 6.45) is 0.925. The number of aliphatic hydroxyl groups excluding tert-OH is 1. The van der Waals surface area contributed by atoms with Gasteiger partial charge in [0.05, 0.1) is 0 Å². The molecule has 1 aromatic rings. The Hall–Kier alpha value is -1.00. The number of hydrogen-bond acceptors (Lipinski definition) is 2. The molecule has 0 saturated carbocycles. The van der Waals surface area contributed by atoms with Gasteiger partial charge in [0.2, 0.25) is 0 Å². The first-order chi connectivity index (χ1) is 6.66. The van der Waals surface area contributed by atoms with Gasteiger partial charge in [0, 0.05) is 18.2 Å². The van der Waals surface area contributed by atoms with E-state index in [2.05, 4.69) is 0 Å². The van der Waals surface area contributed by atoms with Crippen molar-refractivity contribution in [3.8, 4) is 0 Å². The third kappa shape index (κ3) is 2.49. The lowest BCUT2D eigenvalue weighted by atomic mass is 10.0. The summed E-state index contributed by atoms with van der Waals surface area (Å²) >= 11 is 0. The number of aliphatic hydroxyl groups is 1. The monoisotopic (exact) mass is 201 g/mol. The topological polar surface area (TPSA) is 46.2 Å². The van der Waals surface area contributed by atoms with Crippen LogP contribution in [0.25, 0.3) is 0 Å². The summed E-state index contributed by atoms with van der Waals surface area (Å²) in [5.41, 5.74) is 5.80. The zero-order valence-electron chi connectivity index (χ0n) is 7.71. The molecule has 78 valence electrons. The molecule has 0 aliphatic rings. The first-order valence-electron chi connectivity index (χ1n) is 4.47. The van der Waals surface area contributed by atoms with Gasteiger partial charge in [-0.15, -0.1) is 0 Å². The molecule has 3 N–H and O–H groups in total. The van der Waals surface area contributed by atoms with Gasteiger partial charge in [0.15, 0.2) is 11.6 Å². The minimum atomic E-state index is -0.891. The molecule has 0 aromatic heterocycles. The van der Waals surface area contributed by atoms with E-state index in [1.54, 1.807) is 0 Å². The molecule has 1 atom stereocenters. The maximum absolute atomic E-state index is 13.2. The quantitative estimate of drug-likeness (QED) is 0.779. The van der Waals surface area contributed by atoms with Crippen molar-refractivity contribution in [1.29, 1.82) is 0 Å². The van der Waals surface area contributed by atoms with Gasteiger partial charge in [0.1, 0.15) is 0 Å². The van der Waals surface area contributed by atoms with Crippen molar-refractivity contribution >= 4 is 0 Å². The summed E-state index contributed by atoms with van der Waals surface area (Å²) in [7, 11) is 0. The molecule has 0 unspecified atom stereocenters. The number of rotatable bonds is 4. The van der Waals surface area contributed by atoms with E-state index in [9.17, 15) is 8.78 Å². The smallest absolute Gasteiger partial charge is 0.163 e. The van der Waals surface area contributed by atoms with E-state index in [1.165, 1.54) is 12.1 Å². The SMILES string of the molecule is N[C@H](CCCO)c1cccc(F)c1F. The lowest BCUT2D eigenvalue weighted by Gasteiger charge is -2.12. The van der Waals surface area contributed by atoms with Crippen LogP contribution in [0, 0.1) is 11.6 Å². The summed E-state index contributed by atoms with van der Waals surface area (Å²) in [6, 6.07) is 3.38. The summed E-state index contributed by atoms with van der Waals surface area (Å²) in [6.45, 7) is 0.00460. The van der Waals surface area contributed by atoms with Gasteiger partial charge in [-0.1, -0.05) is 12.1 Å². The molecular formula is C10H13F2NO. The van der Waals surface area contributed by atoms with Crippen LogP contribution in [0.5, 0.6) is 0 Å². The first-order valence-corrected chi connectivity index (χ1v) is 4.47. The molecule has 1 aromatic carbocycles. The van der Waals surface area contributed by atoms with Crippen LogP contribution in [0.1, 0.15) is 24.4 Å². The lowest BCUT2D eigenvalue weighted by molar-refractivity contribution is 0.279. The molecule has 0 bridgehead atoms. The molecular weight excluding hydrogens is 188 g/mol. The second-order valence-corrected chi connectivity index (χ2v) is 3.12. The van der Waals surface area contributed by atoms with Crippen molar-refractivity contribution in [2.45, 2.75) is 18.9 Å². The Bertz CT molecular complexity index is 304. The number of halogens is 2. The standard InChI is InChI=1S/C10H13F2NO/c11-8-4-1-3-7(10(8)12)9(13)5-2-6-14/h1,3-4,9,14H,2,5-6,13H2/t9-/m1/s1. The normalized spacial score (nSPS) is 12.9. The van der Waals surface area contributed by atoms with Gasteiger partial charge >= 0.3 is 0 Å². The van der Waals surface area contributed by atoms with Gasteiger partial charge in [-0.2, -0.15) is 0 Å². The van der Waals surface area contributed by atoms with Gasteiger partial charge in [0.25, 0.3) is 0 Å². The molecule has 0 fully saturated rings. The van der Waals surface area contributed by atoms with E-state index in [1.807, 2.05) is 0 Å². The minimum absolute atomic E-state index is 0.00460. The van der Waals surface area contributed by atoms with Crippen LogP contribution in [0.2, 0.25) is 0 Å². The molecule has 0 aliphatic carbocycles. The summed E-state index contributed by atoms with van der Waals surface area (Å²) < 4.78 is 25.9. The predicted molar refractivity (Wildman–Crippen MR) is 49.6 cm³/mol. The van der Waals surface area contributed by atoms with Crippen LogP contribution in [0.4, 0.5) is 8.78 Å². The fourth-order valence-electron chi connectivity index (χ4n) is 1.27. The molecule has 4 heteroatoms. The highest BCUT2D eigenvalue weighted by atomic mass is 19.2. The van der Waals surface area contributed by atoms with Crippen LogP contribution in [0.15, 0.2) is 18.2 Å². The van der Waals surface area contributed by atoms with Crippen molar-refractivity contribution in [3.63, 3.8) is 0 Å². The van der Waals surface area contributed by atoms with E-state index >= 15 is 0 Å². The van der Waals surface area contributed by atoms with Crippen LogP contribution in [0.3, 0.4) is 0 Å². The molecule has 2 nitrogen and oxygen atoms in total. The predicted octanol–water partition coefficient (Wildman–Crippen LogP) is 1.74. The molecule has 1 rings (SSSR count). The molecule has 0 aliphatic heterocycles. The average Bonchev–Trinajstić information content (AvgIpc) is 2.18. The van der Waals surface area contributed by atoms with Crippen molar-refractivity contribution in [2.24, 2.45) is 5.73 Å². The van der Waals surface area contributed by atoms with Crippen LogP contribution in [-0.2, 0) is 0 Å². The zero-order chi connectivity index (χ0) is 10.6. The highest BCUT2D eigenvalue weighted by Gasteiger charge is 2.13. The van der Waals surface area contributed by atoms with Crippen LogP contribution in [-0.4, -0.2) is 11.7 Å². The van der Waals surface area contributed by atoms with Crippen molar-refractivity contribution in [1.82, 2.24) is 0 Å². The Morgan fingerprint density at radius 2 is 2.07 bits per heavy atom. The second-order valence-electron chi connectivity index (χ2n) is 3.12. The van der Waals surface area contributed by atoms with Gasteiger partial charge in [-0.05, 0) is 18.9 Å². The maximum Gasteiger partial charge on any atom is 0.163 e. The summed E-state index contributed by atoms with van der Waals surface area (Å²) in [4.78, 5) is 0. The van der Waals surface area contributed by atoms with E-state index < -0.39 is 17.7 Å². The largest absolute Gasteiger partial charge is 0.396 e. The van der Waals surface area contributed by atoms with E-state index in [-0.39, 0.29) is 12.2 Å². The molecule has 0 heterocycles. The number of hydrogen-bond donors (Lipinski definition) is 2. The molecule has 0 spiro atoms. The maximum atomic E-state index is 13.2. The average molecular weight is 201 g/mol. The zero-order valence-corrected chi connectivity index (χ0v) is 7.71. The third-order valence-corrected chi connectivity index (χ3v) is 2.05. The van der Waals surface area contributed by atoms with Gasteiger partial charge in [-0.25, -0.2) is 8.78 Å². The fraction of sp³-hybridized carbons (Fsp3) is 0.400. The van der Waals surface area contributed by atoms with E-state index in [4.69, 9.17) is 10.8 Å². The summed E-state index contributed by atoms with van der Waals surface area (Å²) in [5, 5.41) is 8.56. The summed E-state index contributed by atoms with van der Waals surface area (Å²) in [5.74, 6) is -1.78. The van der Waals surface area contributed by atoms with Gasteiger partial charge in [-0.3, -0.25) is 0 Å². The van der Waals surface area contributed by atoms with E-state index in [0.717, 1.165) is 6.07 Å². The van der Waals surface area contributed by atoms with Gasteiger partial charge < -0.3 is 10.8 Å². The Morgan fingerprint density at radius 3 is 2.71 bits per heavy atom. The Morgan fingerprint density at radius 1 is 1.36 bits per heavy atom. The minimum Gasteiger partial charge on any atom is -0.396 e. The molecule has 0 saturated heterocycles. The Balaban J connectivity index is 2.79. The lowest BCUT2D eigenvalue weighted by Crippen LogP contribution is -2.13. The van der Waals surface area contributed by atoms with Crippen LogP contribution < -0.4 is 5.73 Å². The Kier molecular flexibility index (Phi) is 3.98. The van der Waals surface area contributed by atoms with Crippen LogP contribution >= 0.6 is 0 Å². The third-order valence-electron chi connectivity index (χ3n) is 2.05. The second kappa shape index (κ2) is 5.02. The van der Waals surface area contributed by atoms with E-state index in [0.29, 0.717) is 12.8 Å². The van der Waals surface area contributed by atoms with Crippen molar-refractivity contribution < 1.29 is 13.9 Å².